The molecule has 0 aliphatic heterocycles. The van der Waals surface area contributed by atoms with Gasteiger partial charge in [-0.1, -0.05) is 15.9 Å². The molecule has 72 valence electrons. The average molecular weight is 252 g/mol. The summed E-state index contributed by atoms with van der Waals surface area (Å²) in [5.41, 5.74) is 2.18. The summed E-state index contributed by atoms with van der Waals surface area (Å²) in [6.07, 6.45) is 0.493. The normalized spacial score (nSPS) is 9.50. The van der Waals surface area contributed by atoms with E-state index in [1.807, 2.05) is 13.0 Å². The van der Waals surface area contributed by atoms with E-state index in [1.54, 1.807) is 18.2 Å². The summed E-state index contributed by atoms with van der Waals surface area (Å²) in [5, 5.41) is 9.32. The number of rotatable bonds is 3. The molecule has 3 heteroatoms. The lowest BCUT2D eigenvalue weighted by Crippen LogP contribution is -2.02. The largest absolute Gasteiger partial charge is 0.294 e. The number of benzene rings is 1. The molecule has 0 aliphatic rings. The van der Waals surface area contributed by atoms with Gasteiger partial charge in [0, 0.05) is 17.3 Å². The highest BCUT2D eigenvalue weighted by Crippen LogP contribution is 2.13. The molecule has 0 spiro atoms. The summed E-state index contributed by atoms with van der Waals surface area (Å²) >= 11 is 3.23. The van der Waals surface area contributed by atoms with Crippen LogP contribution in [0.15, 0.2) is 18.2 Å². The number of hydrogen-bond acceptors (Lipinski definition) is 2. The first-order valence-electron chi connectivity index (χ1n) is 4.29. The number of Topliss-reactive ketones (excluding diaryl/α,β-unsaturated/α-hetero) is 1. The van der Waals surface area contributed by atoms with E-state index >= 15 is 0 Å². The molecule has 0 aromatic heterocycles. The molecule has 0 fully saturated rings. The second-order valence-corrected chi connectivity index (χ2v) is 3.80. The second kappa shape index (κ2) is 4.92. The van der Waals surface area contributed by atoms with Gasteiger partial charge in [0.15, 0.2) is 5.78 Å². The summed E-state index contributed by atoms with van der Waals surface area (Å²) in [4.78, 5) is 11.6. The minimum atomic E-state index is 0.115. The van der Waals surface area contributed by atoms with Crippen LogP contribution in [0.4, 0.5) is 0 Å². The van der Waals surface area contributed by atoms with Crippen molar-refractivity contribution in [2.75, 3.05) is 5.33 Å². The number of hydrogen-bond donors (Lipinski definition) is 0. The first-order chi connectivity index (χ1) is 6.69. The zero-order chi connectivity index (χ0) is 10.6. The highest BCUT2D eigenvalue weighted by Gasteiger charge is 2.08. The van der Waals surface area contributed by atoms with Gasteiger partial charge >= 0.3 is 0 Å². The van der Waals surface area contributed by atoms with Crippen LogP contribution in [0.2, 0.25) is 0 Å². The van der Waals surface area contributed by atoms with Crippen molar-refractivity contribution in [2.45, 2.75) is 13.3 Å². The van der Waals surface area contributed by atoms with Crippen molar-refractivity contribution in [3.63, 3.8) is 0 Å². The lowest BCUT2D eigenvalue weighted by atomic mass is 10.0. The smallest absolute Gasteiger partial charge is 0.163 e. The fourth-order valence-electron chi connectivity index (χ4n) is 1.27. The SMILES string of the molecule is Cc1cc(C#N)ccc1C(=O)CCBr. The van der Waals surface area contributed by atoms with Crippen molar-refractivity contribution >= 4 is 21.7 Å². The fourth-order valence-corrected chi connectivity index (χ4v) is 1.63. The topological polar surface area (TPSA) is 40.9 Å². The van der Waals surface area contributed by atoms with Crippen LogP contribution in [0, 0.1) is 18.3 Å². The molecule has 0 amide bonds. The molecule has 0 radical (unpaired) electrons. The van der Waals surface area contributed by atoms with Gasteiger partial charge in [0.05, 0.1) is 11.6 Å². The third-order valence-corrected chi connectivity index (χ3v) is 2.37. The van der Waals surface area contributed by atoms with Crippen LogP contribution >= 0.6 is 15.9 Å². The van der Waals surface area contributed by atoms with E-state index in [0.29, 0.717) is 22.9 Å². The molecule has 0 bridgehead atoms. The number of ketones is 1. The van der Waals surface area contributed by atoms with Crippen molar-refractivity contribution in [3.8, 4) is 6.07 Å². The highest BCUT2D eigenvalue weighted by molar-refractivity contribution is 9.09. The highest BCUT2D eigenvalue weighted by atomic mass is 79.9. The van der Waals surface area contributed by atoms with Gasteiger partial charge in [0.1, 0.15) is 0 Å². The predicted molar refractivity (Wildman–Crippen MR) is 58.6 cm³/mol. The van der Waals surface area contributed by atoms with Crippen LogP contribution in [-0.4, -0.2) is 11.1 Å². The molecule has 0 heterocycles. The molecule has 1 aromatic rings. The van der Waals surface area contributed by atoms with Gasteiger partial charge < -0.3 is 0 Å². The molecule has 1 aromatic carbocycles. The first kappa shape index (κ1) is 10.9. The molecular weight excluding hydrogens is 242 g/mol. The van der Waals surface area contributed by atoms with Crippen molar-refractivity contribution in [1.82, 2.24) is 0 Å². The van der Waals surface area contributed by atoms with Gasteiger partial charge in [-0.2, -0.15) is 5.26 Å². The summed E-state index contributed by atoms with van der Waals surface area (Å²) in [6, 6.07) is 7.18. The van der Waals surface area contributed by atoms with Gasteiger partial charge in [0.25, 0.3) is 0 Å². The maximum absolute atomic E-state index is 11.6. The van der Waals surface area contributed by atoms with E-state index in [-0.39, 0.29) is 5.78 Å². The molecule has 0 unspecified atom stereocenters. The number of aryl methyl sites for hydroxylation is 1. The molecule has 14 heavy (non-hydrogen) atoms. The van der Waals surface area contributed by atoms with E-state index in [9.17, 15) is 4.79 Å². The fraction of sp³-hybridized carbons (Fsp3) is 0.273. The number of alkyl halides is 1. The van der Waals surface area contributed by atoms with Gasteiger partial charge in [-0.3, -0.25) is 4.79 Å². The van der Waals surface area contributed by atoms with Gasteiger partial charge in [0.2, 0.25) is 0 Å². The van der Waals surface area contributed by atoms with Gasteiger partial charge in [-0.15, -0.1) is 0 Å². The summed E-state index contributed by atoms with van der Waals surface area (Å²) in [5.74, 6) is 0.115. The Labute approximate surface area is 91.7 Å². The second-order valence-electron chi connectivity index (χ2n) is 3.00. The summed E-state index contributed by atoms with van der Waals surface area (Å²) < 4.78 is 0. The Kier molecular flexibility index (Phi) is 3.84. The molecule has 0 atom stereocenters. The summed E-state index contributed by atoms with van der Waals surface area (Å²) in [6.45, 7) is 1.85. The van der Waals surface area contributed by atoms with E-state index in [4.69, 9.17) is 5.26 Å². The quantitative estimate of drug-likeness (QED) is 0.613. The van der Waals surface area contributed by atoms with Crippen LogP contribution in [-0.2, 0) is 0 Å². The Morgan fingerprint density at radius 2 is 2.29 bits per heavy atom. The number of nitrogens with zero attached hydrogens (tertiary/aromatic N) is 1. The van der Waals surface area contributed by atoms with Crippen LogP contribution < -0.4 is 0 Å². The maximum atomic E-state index is 11.6. The molecule has 0 saturated carbocycles. The third kappa shape index (κ3) is 2.43. The summed E-state index contributed by atoms with van der Waals surface area (Å²) in [7, 11) is 0. The lowest BCUT2D eigenvalue weighted by molar-refractivity contribution is 0.0989. The maximum Gasteiger partial charge on any atom is 0.163 e. The van der Waals surface area contributed by atoms with Gasteiger partial charge in [-0.25, -0.2) is 0 Å². The Morgan fingerprint density at radius 3 is 2.79 bits per heavy atom. The van der Waals surface area contributed by atoms with Crippen molar-refractivity contribution in [3.05, 3.63) is 34.9 Å². The first-order valence-corrected chi connectivity index (χ1v) is 5.41. The Morgan fingerprint density at radius 1 is 1.57 bits per heavy atom. The molecule has 0 saturated heterocycles. The molecule has 2 nitrogen and oxygen atoms in total. The molecule has 1 rings (SSSR count). The van der Waals surface area contributed by atoms with Crippen LogP contribution in [0.1, 0.15) is 27.9 Å². The minimum absolute atomic E-state index is 0.115. The number of carbonyl (C=O) groups is 1. The van der Waals surface area contributed by atoms with Crippen molar-refractivity contribution in [2.24, 2.45) is 0 Å². The van der Waals surface area contributed by atoms with Crippen molar-refractivity contribution < 1.29 is 4.79 Å². The molecule has 0 aliphatic carbocycles. The Balaban J connectivity index is 3.01. The van der Waals surface area contributed by atoms with E-state index in [2.05, 4.69) is 15.9 Å². The number of nitriles is 1. The standard InChI is InChI=1S/C11H10BrNO/c1-8-6-9(7-13)2-3-10(8)11(14)4-5-12/h2-3,6H,4-5H2,1H3. The monoisotopic (exact) mass is 251 g/mol. The van der Waals surface area contributed by atoms with E-state index < -0.39 is 0 Å². The van der Waals surface area contributed by atoms with Crippen molar-refractivity contribution in [1.29, 1.82) is 5.26 Å². The Hall–Kier alpha value is -1.14. The number of carbonyl (C=O) groups excluding carboxylic acids is 1. The van der Waals surface area contributed by atoms with Crippen LogP contribution in [0.5, 0.6) is 0 Å². The Bertz CT molecular complexity index is 393. The zero-order valence-corrected chi connectivity index (χ0v) is 9.47. The van der Waals surface area contributed by atoms with E-state index in [1.165, 1.54) is 0 Å². The number of halogens is 1. The predicted octanol–water partition coefficient (Wildman–Crippen LogP) is 2.83. The minimum Gasteiger partial charge on any atom is -0.294 e. The molecular formula is C11H10BrNO. The average Bonchev–Trinajstić information content (AvgIpc) is 2.17. The zero-order valence-electron chi connectivity index (χ0n) is 7.88. The lowest BCUT2D eigenvalue weighted by Gasteiger charge is -2.03. The van der Waals surface area contributed by atoms with Gasteiger partial charge in [-0.05, 0) is 30.7 Å². The molecule has 0 N–H and O–H groups in total. The third-order valence-electron chi connectivity index (χ3n) is 1.98. The van der Waals surface area contributed by atoms with Crippen LogP contribution in [0.3, 0.4) is 0 Å². The van der Waals surface area contributed by atoms with E-state index in [0.717, 1.165) is 5.56 Å². The van der Waals surface area contributed by atoms with Crippen LogP contribution in [0.25, 0.3) is 0 Å².